The van der Waals surface area contributed by atoms with Crippen molar-refractivity contribution in [2.24, 2.45) is 5.92 Å². The minimum absolute atomic E-state index is 0.0360. The number of aromatic nitrogens is 1. The van der Waals surface area contributed by atoms with Gasteiger partial charge in [0.25, 0.3) is 0 Å². The van der Waals surface area contributed by atoms with Crippen molar-refractivity contribution in [3.8, 4) is 5.75 Å². The lowest BCUT2D eigenvalue weighted by Crippen LogP contribution is -2.38. The summed E-state index contributed by atoms with van der Waals surface area (Å²) in [5.74, 6) is 0.796. The SMILES string of the molecule is Cc1nc(CCNC(=O)[C@@H]2COc3ccccc3C2)sc1Cl. The fraction of sp³-hybridized carbons (Fsp3) is 0.375. The van der Waals surface area contributed by atoms with Gasteiger partial charge in [0.2, 0.25) is 5.91 Å². The lowest BCUT2D eigenvalue weighted by Gasteiger charge is -2.24. The minimum Gasteiger partial charge on any atom is -0.492 e. The average Bonchev–Trinajstić information content (AvgIpc) is 2.85. The Balaban J connectivity index is 1.50. The number of carbonyl (C=O) groups excluding carboxylic acids is 1. The summed E-state index contributed by atoms with van der Waals surface area (Å²) in [4.78, 5) is 16.6. The highest BCUT2D eigenvalue weighted by Gasteiger charge is 2.25. The third-order valence-electron chi connectivity index (χ3n) is 3.67. The molecule has 1 amide bonds. The summed E-state index contributed by atoms with van der Waals surface area (Å²) in [5, 5.41) is 3.92. The van der Waals surface area contributed by atoms with Crippen LogP contribution in [0.5, 0.6) is 5.75 Å². The third-order valence-corrected chi connectivity index (χ3v) is 5.18. The normalized spacial score (nSPS) is 16.7. The van der Waals surface area contributed by atoms with E-state index in [1.54, 1.807) is 0 Å². The number of ether oxygens (including phenoxy) is 1. The number of nitrogens with zero attached hydrogens (tertiary/aromatic N) is 1. The summed E-state index contributed by atoms with van der Waals surface area (Å²) in [6.45, 7) is 2.89. The van der Waals surface area contributed by atoms with Crippen LogP contribution in [0.15, 0.2) is 24.3 Å². The van der Waals surface area contributed by atoms with E-state index in [0.717, 1.165) is 32.8 Å². The highest BCUT2D eigenvalue weighted by Crippen LogP contribution is 2.27. The third kappa shape index (κ3) is 3.42. The second-order valence-corrected chi connectivity index (χ2v) is 7.01. The molecule has 1 atom stereocenters. The van der Waals surface area contributed by atoms with Gasteiger partial charge >= 0.3 is 0 Å². The van der Waals surface area contributed by atoms with E-state index in [2.05, 4.69) is 10.3 Å². The minimum atomic E-state index is -0.128. The number of halogens is 1. The molecule has 1 aromatic carbocycles. The fourth-order valence-corrected chi connectivity index (χ4v) is 3.57. The first kappa shape index (κ1) is 15.3. The number of para-hydroxylation sites is 1. The molecule has 116 valence electrons. The molecule has 0 fully saturated rings. The van der Waals surface area contributed by atoms with Crippen molar-refractivity contribution < 1.29 is 9.53 Å². The van der Waals surface area contributed by atoms with Crippen LogP contribution in [0.2, 0.25) is 4.34 Å². The lowest BCUT2D eigenvalue weighted by molar-refractivity contribution is -0.126. The van der Waals surface area contributed by atoms with Gasteiger partial charge in [-0.05, 0) is 25.0 Å². The van der Waals surface area contributed by atoms with Gasteiger partial charge in [-0.2, -0.15) is 0 Å². The van der Waals surface area contributed by atoms with Gasteiger partial charge in [0, 0.05) is 13.0 Å². The first-order chi connectivity index (χ1) is 10.6. The van der Waals surface area contributed by atoms with Gasteiger partial charge in [0.05, 0.1) is 16.6 Å². The van der Waals surface area contributed by atoms with Gasteiger partial charge in [-0.15, -0.1) is 11.3 Å². The van der Waals surface area contributed by atoms with Gasteiger partial charge < -0.3 is 10.1 Å². The zero-order valence-corrected chi connectivity index (χ0v) is 13.8. The van der Waals surface area contributed by atoms with Crippen LogP contribution in [0.1, 0.15) is 16.3 Å². The zero-order chi connectivity index (χ0) is 15.5. The smallest absolute Gasteiger partial charge is 0.226 e. The number of hydrogen-bond donors (Lipinski definition) is 1. The molecule has 4 nitrogen and oxygen atoms in total. The van der Waals surface area contributed by atoms with Gasteiger partial charge in [-0.25, -0.2) is 4.98 Å². The Morgan fingerprint density at radius 1 is 1.50 bits per heavy atom. The monoisotopic (exact) mass is 336 g/mol. The quantitative estimate of drug-likeness (QED) is 0.933. The van der Waals surface area contributed by atoms with Crippen molar-refractivity contribution in [1.29, 1.82) is 0 Å². The molecule has 0 radical (unpaired) electrons. The van der Waals surface area contributed by atoms with Crippen LogP contribution in [0, 0.1) is 12.8 Å². The number of fused-ring (bicyclic) bond motifs is 1. The van der Waals surface area contributed by atoms with Crippen molar-refractivity contribution in [3.05, 3.63) is 44.9 Å². The number of benzene rings is 1. The van der Waals surface area contributed by atoms with Crippen LogP contribution in [0.4, 0.5) is 0 Å². The van der Waals surface area contributed by atoms with Crippen LogP contribution in [0.3, 0.4) is 0 Å². The second-order valence-electron chi connectivity index (χ2n) is 5.33. The van der Waals surface area contributed by atoms with E-state index in [1.807, 2.05) is 31.2 Å². The molecular formula is C16H17ClN2O2S. The van der Waals surface area contributed by atoms with E-state index in [9.17, 15) is 4.79 Å². The highest BCUT2D eigenvalue weighted by atomic mass is 35.5. The van der Waals surface area contributed by atoms with Crippen molar-refractivity contribution in [3.63, 3.8) is 0 Å². The molecule has 1 N–H and O–H groups in total. The molecule has 0 saturated heterocycles. The van der Waals surface area contributed by atoms with Crippen LogP contribution >= 0.6 is 22.9 Å². The predicted octanol–water partition coefficient (Wildman–Crippen LogP) is 3.01. The largest absolute Gasteiger partial charge is 0.492 e. The Kier molecular flexibility index (Phi) is 4.64. The molecule has 0 saturated carbocycles. The van der Waals surface area contributed by atoms with Crippen molar-refractivity contribution >= 4 is 28.8 Å². The van der Waals surface area contributed by atoms with Gasteiger partial charge in [0.15, 0.2) is 0 Å². The number of hydrogen-bond acceptors (Lipinski definition) is 4. The Labute approximate surface area is 138 Å². The van der Waals surface area contributed by atoms with Gasteiger partial charge in [0.1, 0.15) is 16.7 Å². The number of amides is 1. The number of nitrogens with one attached hydrogen (secondary N) is 1. The molecule has 6 heteroatoms. The molecule has 22 heavy (non-hydrogen) atoms. The maximum absolute atomic E-state index is 12.2. The van der Waals surface area contributed by atoms with E-state index in [4.69, 9.17) is 16.3 Å². The number of aryl methyl sites for hydroxylation is 1. The fourth-order valence-electron chi connectivity index (χ4n) is 2.47. The van der Waals surface area contributed by atoms with Crippen molar-refractivity contribution in [2.75, 3.05) is 13.2 Å². The Morgan fingerprint density at radius 3 is 3.09 bits per heavy atom. The van der Waals surface area contributed by atoms with Crippen molar-refractivity contribution in [2.45, 2.75) is 19.8 Å². The molecule has 1 aliphatic rings. The molecule has 2 aromatic rings. The van der Waals surface area contributed by atoms with Crippen LogP contribution in [-0.2, 0) is 17.6 Å². The molecule has 3 rings (SSSR count). The molecular weight excluding hydrogens is 320 g/mol. The predicted molar refractivity (Wildman–Crippen MR) is 87.7 cm³/mol. The highest BCUT2D eigenvalue weighted by molar-refractivity contribution is 7.16. The van der Waals surface area contributed by atoms with E-state index >= 15 is 0 Å². The maximum Gasteiger partial charge on any atom is 0.226 e. The van der Waals surface area contributed by atoms with Crippen molar-refractivity contribution in [1.82, 2.24) is 10.3 Å². The van der Waals surface area contributed by atoms with E-state index in [0.29, 0.717) is 19.6 Å². The molecule has 0 unspecified atom stereocenters. The molecule has 2 heterocycles. The Hall–Kier alpha value is -1.59. The standard InChI is InChI=1S/C16H17ClN2O2S/c1-10-15(17)22-14(19-10)6-7-18-16(20)12-8-11-4-2-3-5-13(11)21-9-12/h2-5,12H,6-9H2,1H3,(H,18,20)/t12-/m0/s1. The number of thiazole rings is 1. The van der Waals surface area contributed by atoms with Crippen LogP contribution < -0.4 is 10.1 Å². The average molecular weight is 337 g/mol. The summed E-state index contributed by atoms with van der Waals surface area (Å²) in [5.41, 5.74) is 1.95. The molecule has 1 aromatic heterocycles. The number of rotatable bonds is 4. The van der Waals surface area contributed by atoms with E-state index < -0.39 is 0 Å². The topological polar surface area (TPSA) is 51.2 Å². The van der Waals surface area contributed by atoms with Crippen LogP contribution in [0.25, 0.3) is 0 Å². The summed E-state index contributed by atoms with van der Waals surface area (Å²) >= 11 is 7.46. The summed E-state index contributed by atoms with van der Waals surface area (Å²) in [7, 11) is 0. The van der Waals surface area contributed by atoms with Gasteiger partial charge in [-0.1, -0.05) is 29.8 Å². The lowest BCUT2D eigenvalue weighted by atomic mass is 9.96. The zero-order valence-electron chi connectivity index (χ0n) is 12.3. The summed E-state index contributed by atoms with van der Waals surface area (Å²) in [6, 6.07) is 7.87. The first-order valence-corrected chi connectivity index (χ1v) is 8.43. The number of carbonyl (C=O) groups is 1. The first-order valence-electron chi connectivity index (χ1n) is 7.23. The molecule has 0 spiro atoms. The molecule has 0 bridgehead atoms. The maximum atomic E-state index is 12.2. The van der Waals surface area contributed by atoms with E-state index in [1.165, 1.54) is 11.3 Å². The second kappa shape index (κ2) is 6.67. The molecule has 1 aliphatic heterocycles. The Morgan fingerprint density at radius 2 is 2.32 bits per heavy atom. The van der Waals surface area contributed by atoms with Gasteiger partial charge in [-0.3, -0.25) is 4.79 Å². The summed E-state index contributed by atoms with van der Waals surface area (Å²) in [6.07, 6.45) is 1.43. The Bertz CT molecular complexity index is 667. The van der Waals surface area contributed by atoms with Crippen LogP contribution in [-0.4, -0.2) is 24.0 Å². The molecule has 0 aliphatic carbocycles. The van der Waals surface area contributed by atoms with E-state index in [-0.39, 0.29) is 11.8 Å². The summed E-state index contributed by atoms with van der Waals surface area (Å²) < 4.78 is 6.37.